The number of nitrogens with one attached hydrogen (secondary N) is 1. The lowest BCUT2D eigenvalue weighted by atomic mass is 9.96. The Kier molecular flexibility index (Phi) is 4.36. The number of fused-ring (bicyclic) bond motifs is 2. The lowest BCUT2D eigenvalue weighted by molar-refractivity contribution is -0.116. The smallest absolute Gasteiger partial charge is 0.253 e. The van der Waals surface area contributed by atoms with Gasteiger partial charge in [-0.25, -0.2) is 4.98 Å². The van der Waals surface area contributed by atoms with Gasteiger partial charge in [0, 0.05) is 36.7 Å². The number of hydrogen-bond acceptors (Lipinski definition) is 4. The molecular formula is C22H21N3O2S. The molecule has 3 aromatic rings. The Bertz CT molecular complexity index is 1030. The second-order valence-corrected chi connectivity index (χ2v) is 8.57. The van der Waals surface area contributed by atoms with E-state index in [-0.39, 0.29) is 11.8 Å². The van der Waals surface area contributed by atoms with Gasteiger partial charge >= 0.3 is 0 Å². The van der Waals surface area contributed by atoms with E-state index in [0.29, 0.717) is 24.3 Å². The van der Waals surface area contributed by atoms with Crippen molar-refractivity contribution >= 4 is 39.1 Å². The fourth-order valence-corrected chi connectivity index (χ4v) is 5.23. The van der Waals surface area contributed by atoms with Gasteiger partial charge in [0.25, 0.3) is 5.91 Å². The molecule has 1 N–H and O–H groups in total. The maximum Gasteiger partial charge on any atom is 0.253 e. The first-order valence-electron chi connectivity index (χ1n) is 9.75. The van der Waals surface area contributed by atoms with E-state index in [4.69, 9.17) is 4.98 Å². The predicted octanol–water partition coefficient (Wildman–Crippen LogP) is 4.20. The standard InChI is InChI=1S/C22H21N3O2S/c26-20-8-6-15-13-16(5-7-17(15)23-20)22(27)25-11-9-14(10-12-25)21-24-18-3-1-2-4-19(18)28-21/h1-5,7,13-14H,6,8-12H2,(H,23,26). The minimum atomic E-state index is 0.0449. The maximum atomic E-state index is 13.0. The number of rotatable bonds is 2. The van der Waals surface area contributed by atoms with Gasteiger partial charge in [-0.1, -0.05) is 12.1 Å². The van der Waals surface area contributed by atoms with Crippen LogP contribution in [0.25, 0.3) is 10.2 Å². The molecule has 1 saturated heterocycles. The number of aromatic nitrogens is 1. The molecule has 1 fully saturated rings. The Labute approximate surface area is 167 Å². The number of likely N-dealkylation sites (tertiary alicyclic amines) is 1. The first kappa shape index (κ1) is 17.4. The van der Waals surface area contributed by atoms with Crippen molar-refractivity contribution < 1.29 is 9.59 Å². The molecular weight excluding hydrogens is 370 g/mol. The van der Waals surface area contributed by atoms with E-state index in [2.05, 4.69) is 23.5 Å². The molecule has 2 amide bonds. The van der Waals surface area contributed by atoms with E-state index in [1.165, 1.54) is 9.71 Å². The van der Waals surface area contributed by atoms with Crippen LogP contribution in [0.5, 0.6) is 0 Å². The second-order valence-electron chi connectivity index (χ2n) is 7.51. The number of piperidine rings is 1. The second kappa shape index (κ2) is 7.02. The first-order chi connectivity index (χ1) is 13.7. The largest absolute Gasteiger partial charge is 0.339 e. The van der Waals surface area contributed by atoms with Gasteiger partial charge in [-0.15, -0.1) is 11.3 Å². The van der Waals surface area contributed by atoms with Crippen molar-refractivity contribution in [1.82, 2.24) is 9.88 Å². The number of nitrogens with zero attached hydrogens (tertiary/aromatic N) is 2. The van der Waals surface area contributed by atoms with Crippen molar-refractivity contribution in [2.45, 2.75) is 31.6 Å². The number of carbonyl (C=O) groups is 2. The van der Waals surface area contributed by atoms with Gasteiger partial charge in [-0.05, 0) is 55.2 Å². The van der Waals surface area contributed by atoms with Crippen LogP contribution in [0.4, 0.5) is 5.69 Å². The van der Waals surface area contributed by atoms with Crippen LogP contribution in [-0.2, 0) is 11.2 Å². The minimum Gasteiger partial charge on any atom is -0.339 e. The number of aryl methyl sites for hydroxylation is 1. The van der Waals surface area contributed by atoms with Crippen LogP contribution in [0.15, 0.2) is 42.5 Å². The molecule has 0 unspecified atom stereocenters. The van der Waals surface area contributed by atoms with Crippen molar-refractivity contribution in [1.29, 1.82) is 0 Å². The van der Waals surface area contributed by atoms with Gasteiger partial charge in [-0.3, -0.25) is 9.59 Å². The van der Waals surface area contributed by atoms with Crippen molar-refractivity contribution in [2.24, 2.45) is 0 Å². The molecule has 5 nitrogen and oxygen atoms in total. The lowest BCUT2D eigenvalue weighted by Gasteiger charge is -2.31. The zero-order chi connectivity index (χ0) is 19.1. The summed E-state index contributed by atoms with van der Waals surface area (Å²) in [5, 5.41) is 4.06. The molecule has 0 atom stereocenters. The quantitative estimate of drug-likeness (QED) is 0.712. The molecule has 0 radical (unpaired) electrons. The Morgan fingerprint density at radius 2 is 1.93 bits per heavy atom. The van der Waals surface area contributed by atoms with Crippen molar-refractivity contribution in [2.75, 3.05) is 18.4 Å². The van der Waals surface area contributed by atoms with Gasteiger partial charge < -0.3 is 10.2 Å². The highest BCUT2D eigenvalue weighted by Crippen LogP contribution is 2.34. The molecule has 2 aromatic carbocycles. The van der Waals surface area contributed by atoms with Crippen LogP contribution in [0, 0.1) is 0 Å². The predicted molar refractivity (Wildman–Crippen MR) is 111 cm³/mol. The zero-order valence-corrected chi connectivity index (χ0v) is 16.3. The van der Waals surface area contributed by atoms with Crippen LogP contribution in [0.1, 0.15) is 46.1 Å². The van der Waals surface area contributed by atoms with Gasteiger partial charge in [0.2, 0.25) is 5.91 Å². The van der Waals surface area contributed by atoms with Crippen LogP contribution in [0.3, 0.4) is 0 Å². The average molecular weight is 391 g/mol. The summed E-state index contributed by atoms with van der Waals surface area (Å²) in [5.74, 6) is 0.561. The Morgan fingerprint density at radius 1 is 1.11 bits per heavy atom. The number of benzene rings is 2. The summed E-state index contributed by atoms with van der Waals surface area (Å²) in [6.45, 7) is 1.51. The van der Waals surface area contributed by atoms with E-state index in [9.17, 15) is 9.59 Å². The number of hydrogen-bond donors (Lipinski definition) is 1. The Balaban J connectivity index is 1.27. The highest BCUT2D eigenvalue weighted by atomic mass is 32.1. The molecule has 2 aliphatic rings. The molecule has 0 spiro atoms. The van der Waals surface area contributed by atoms with Gasteiger partial charge in [0.05, 0.1) is 15.2 Å². The topological polar surface area (TPSA) is 62.3 Å². The summed E-state index contributed by atoms with van der Waals surface area (Å²) < 4.78 is 1.23. The number of amides is 2. The molecule has 3 heterocycles. The van der Waals surface area contributed by atoms with Crippen LogP contribution < -0.4 is 5.32 Å². The first-order valence-corrected chi connectivity index (χ1v) is 10.6. The Morgan fingerprint density at radius 3 is 2.75 bits per heavy atom. The molecule has 28 heavy (non-hydrogen) atoms. The third-order valence-corrected chi connectivity index (χ3v) is 6.89. The minimum absolute atomic E-state index is 0.0449. The van der Waals surface area contributed by atoms with E-state index >= 15 is 0 Å². The summed E-state index contributed by atoms with van der Waals surface area (Å²) in [4.78, 5) is 31.2. The monoisotopic (exact) mass is 391 g/mol. The molecule has 0 bridgehead atoms. The summed E-state index contributed by atoms with van der Waals surface area (Å²) in [7, 11) is 0. The number of carbonyl (C=O) groups excluding carboxylic acids is 2. The molecule has 5 rings (SSSR count). The maximum absolute atomic E-state index is 13.0. The van der Waals surface area contributed by atoms with E-state index in [0.717, 1.165) is 42.7 Å². The third kappa shape index (κ3) is 3.18. The zero-order valence-electron chi connectivity index (χ0n) is 15.5. The number of thiazole rings is 1. The average Bonchev–Trinajstić information content (AvgIpc) is 3.17. The normalized spacial score (nSPS) is 17.4. The van der Waals surface area contributed by atoms with Gasteiger partial charge in [-0.2, -0.15) is 0 Å². The van der Waals surface area contributed by atoms with Crippen LogP contribution in [0.2, 0.25) is 0 Å². The molecule has 6 heteroatoms. The summed E-state index contributed by atoms with van der Waals surface area (Å²) in [5.41, 5.74) is 3.67. The van der Waals surface area contributed by atoms with Crippen LogP contribution >= 0.6 is 11.3 Å². The third-order valence-electron chi connectivity index (χ3n) is 5.69. The summed E-state index contributed by atoms with van der Waals surface area (Å²) in [6.07, 6.45) is 3.08. The van der Waals surface area contributed by atoms with Crippen molar-refractivity contribution in [3.63, 3.8) is 0 Å². The van der Waals surface area contributed by atoms with E-state index in [1.54, 1.807) is 11.3 Å². The number of para-hydroxylation sites is 1. The highest BCUT2D eigenvalue weighted by Gasteiger charge is 2.27. The van der Waals surface area contributed by atoms with Crippen molar-refractivity contribution in [3.05, 3.63) is 58.6 Å². The highest BCUT2D eigenvalue weighted by molar-refractivity contribution is 7.18. The molecule has 142 valence electrons. The summed E-state index contributed by atoms with van der Waals surface area (Å²) in [6, 6.07) is 13.9. The fourth-order valence-electron chi connectivity index (χ4n) is 4.09. The van der Waals surface area contributed by atoms with Gasteiger partial charge in [0.15, 0.2) is 0 Å². The molecule has 1 aromatic heterocycles. The molecule has 0 aliphatic carbocycles. The van der Waals surface area contributed by atoms with Crippen LogP contribution in [-0.4, -0.2) is 34.8 Å². The fraction of sp³-hybridized carbons (Fsp3) is 0.318. The Hall–Kier alpha value is -2.73. The van der Waals surface area contributed by atoms with E-state index < -0.39 is 0 Å². The van der Waals surface area contributed by atoms with Gasteiger partial charge in [0.1, 0.15) is 0 Å². The molecule has 0 saturated carbocycles. The lowest BCUT2D eigenvalue weighted by Crippen LogP contribution is -2.38. The van der Waals surface area contributed by atoms with Crippen molar-refractivity contribution in [3.8, 4) is 0 Å². The molecule has 2 aliphatic heterocycles. The van der Waals surface area contributed by atoms with E-state index in [1.807, 2.05) is 29.2 Å². The SMILES string of the molecule is O=C1CCc2cc(C(=O)N3CCC(c4nc5ccccc5s4)CC3)ccc2N1. The number of anilines is 1. The summed E-state index contributed by atoms with van der Waals surface area (Å²) >= 11 is 1.78.